The third-order valence-electron chi connectivity index (χ3n) is 3.94. The molecule has 0 saturated carbocycles. The minimum absolute atomic E-state index is 0.125. The van der Waals surface area contributed by atoms with Crippen LogP contribution in [0.3, 0.4) is 0 Å². The second kappa shape index (κ2) is 6.70. The molecule has 0 amide bonds. The van der Waals surface area contributed by atoms with Gasteiger partial charge in [0.1, 0.15) is 5.75 Å². The number of aromatic hydroxyl groups is 2. The van der Waals surface area contributed by atoms with Gasteiger partial charge in [-0.25, -0.2) is 0 Å². The molecule has 0 heterocycles. The first-order valence-corrected chi connectivity index (χ1v) is 7.61. The van der Waals surface area contributed by atoms with Crippen molar-refractivity contribution in [1.29, 1.82) is 0 Å². The summed E-state index contributed by atoms with van der Waals surface area (Å²) in [5.41, 5.74) is 1.75. The zero-order chi connectivity index (χ0) is 15.4. The van der Waals surface area contributed by atoms with Gasteiger partial charge in [0.25, 0.3) is 0 Å². The van der Waals surface area contributed by atoms with Crippen LogP contribution in [0.2, 0.25) is 0 Å². The van der Waals surface area contributed by atoms with Crippen LogP contribution in [0.15, 0.2) is 18.2 Å². The molecule has 2 rings (SSSR count). The van der Waals surface area contributed by atoms with Gasteiger partial charge in [-0.2, -0.15) is 0 Å². The fraction of sp³-hybridized carbons (Fsp3) is 0.444. The summed E-state index contributed by atoms with van der Waals surface area (Å²) in [6.07, 6.45) is 5.17. The number of aryl methyl sites for hydroxylation is 1. The maximum Gasteiger partial charge on any atom is 0.168 e. The highest BCUT2D eigenvalue weighted by atomic mass is 16.5. The van der Waals surface area contributed by atoms with E-state index in [9.17, 15) is 10.2 Å². The summed E-state index contributed by atoms with van der Waals surface area (Å²) >= 11 is 0. The van der Waals surface area contributed by atoms with Crippen molar-refractivity contribution in [2.45, 2.75) is 46.0 Å². The minimum atomic E-state index is 0.125. The quantitative estimate of drug-likeness (QED) is 0.599. The number of fused-ring (bicyclic) bond motifs is 1. The topological polar surface area (TPSA) is 49.7 Å². The molecule has 0 aliphatic heterocycles. The van der Waals surface area contributed by atoms with Crippen LogP contribution in [-0.2, 0) is 6.42 Å². The summed E-state index contributed by atoms with van der Waals surface area (Å²) in [5.74, 6) is 0.762. The largest absolute Gasteiger partial charge is 0.507 e. The van der Waals surface area contributed by atoms with E-state index >= 15 is 0 Å². The van der Waals surface area contributed by atoms with Crippen molar-refractivity contribution in [1.82, 2.24) is 0 Å². The number of methoxy groups -OCH3 is 1. The van der Waals surface area contributed by atoms with E-state index in [-0.39, 0.29) is 11.5 Å². The average Bonchev–Trinajstić information content (AvgIpc) is 2.48. The van der Waals surface area contributed by atoms with Gasteiger partial charge in [-0.05, 0) is 25.8 Å². The van der Waals surface area contributed by atoms with Gasteiger partial charge in [-0.1, -0.05) is 43.9 Å². The van der Waals surface area contributed by atoms with Crippen LogP contribution in [0.1, 0.15) is 43.7 Å². The number of rotatable bonds is 6. The number of hydrogen-bond donors (Lipinski definition) is 2. The first kappa shape index (κ1) is 15.5. The van der Waals surface area contributed by atoms with Crippen LogP contribution in [-0.4, -0.2) is 17.3 Å². The molecule has 0 fully saturated rings. The molecule has 0 bridgehead atoms. The molecule has 0 saturated heterocycles. The molecule has 21 heavy (non-hydrogen) atoms. The van der Waals surface area contributed by atoms with Crippen LogP contribution in [0.4, 0.5) is 0 Å². The third-order valence-corrected chi connectivity index (χ3v) is 3.94. The predicted molar refractivity (Wildman–Crippen MR) is 86.4 cm³/mol. The highest BCUT2D eigenvalue weighted by Gasteiger charge is 2.19. The molecule has 0 spiro atoms. The Morgan fingerprint density at radius 1 is 1.00 bits per heavy atom. The predicted octanol–water partition coefficient (Wildman–Crippen LogP) is 4.69. The normalized spacial score (nSPS) is 11.0. The van der Waals surface area contributed by atoms with Crippen molar-refractivity contribution in [2.75, 3.05) is 7.11 Å². The van der Waals surface area contributed by atoms with E-state index in [1.54, 1.807) is 0 Å². The second-order valence-corrected chi connectivity index (χ2v) is 5.57. The summed E-state index contributed by atoms with van der Waals surface area (Å²) in [5, 5.41) is 22.3. The van der Waals surface area contributed by atoms with E-state index in [2.05, 4.69) is 6.92 Å². The van der Waals surface area contributed by atoms with Crippen LogP contribution in [0.25, 0.3) is 10.8 Å². The van der Waals surface area contributed by atoms with Crippen molar-refractivity contribution in [3.63, 3.8) is 0 Å². The van der Waals surface area contributed by atoms with E-state index in [1.807, 2.05) is 25.1 Å². The first-order valence-electron chi connectivity index (χ1n) is 7.61. The van der Waals surface area contributed by atoms with E-state index < -0.39 is 0 Å². The summed E-state index contributed by atoms with van der Waals surface area (Å²) in [6.45, 7) is 4.13. The molecule has 2 aromatic carbocycles. The van der Waals surface area contributed by atoms with E-state index in [0.29, 0.717) is 28.5 Å². The number of hydrogen-bond acceptors (Lipinski definition) is 3. The Bertz CT molecular complexity index is 632. The van der Waals surface area contributed by atoms with Crippen molar-refractivity contribution in [3.8, 4) is 17.2 Å². The average molecular weight is 288 g/mol. The molecule has 3 nitrogen and oxygen atoms in total. The highest BCUT2D eigenvalue weighted by molar-refractivity contribution is 5.97. The number of phenols is 2. The van der Waals surface area contributed by atoms with Crippen LogP contribution in [0.5, 0.6) is 17.2 Å². The molecular formula is C18H24O3. The van der Waals surface area contributed by atoms with Gasteiger partial charge < -0.3 is 14.9 Å². The molecule has 0 radical (unpaired) electrons. The zero-order valence-electron chi connectivity index (χ0n) is 13.1. The molecule has 0 aromatic heterocycles. The van der Waals surface area contributed by atoms with E-state index in [0.717, 1.165) is 18.4 Å². The molecule has 2 N–H and O–H groups in total. The highest BCUT2D eigenvalue weighted by Crippen LogP contribution is 2.45. The van der Waals surface area contributed by atoms with Gasteiger partial charge in [0.05, 0.1) is 7.11 Å². The van der Waals surface area contributed by atoms with Gasteiger partial charge in [0.15, 0.2) is 11.5 Å². The molecule has 0 aliphatic carbocycles. The van der Waals surface area contributed by atoms with Gasteiger partial charge in [-0.15, -0.1) is 0 Å². The lowest BCUT2D eigenvalue weighted by Crippen LogP contribution is -1.96. The second-order valence-electron chi connectivity index (χ2n) is 5.57. The molecule has 0 aliphatic rings. The lowest BCUT2D eigenvalue weighted by molar-refractivity contribution is 0.366. The maximum atomic E-state index is 10.5. The van der Waals surface area contributed by atoms with Crippen molar-refractivity contribution in [2.24, 2.45) is 0 Å². The Morgan fingerprint density at radius 3 is 2.43 bits per heavy atom. The van der Waals surface area contributed by atoms with Crippen molar-refractivity contribution < 1.29 is 14.9 Å². The Labute approximate surface area is 126 Å². The fourth-order valence-corrected chi connectivity index (χ4v) is 2.78. The molecule has 114 valence electrons. The SMILES string of the molecule is CCCCCCc1c(OC)c(O)c2cc(C)ccc2c1O. The molecule has 2 aromatic rings. The Balaban J connectivity index is 2.48. The van der Waals surface area contributed by atoms with Gasteiger partial charge >= 0.3 is 0 Å². The Morgan fingerprint density at radius 2 is 1.76 bits per heavy atom. The maximum absolute atomic E-state index is 10.5. The monoisotopic (exact) mass is 288 g/mol. The lowest BCUT2D eigenvalue weighted by Gasteiger charge is -2.16. The number of benzene rings is 2. The van der Waals surface area contributed by atoms with Crippen LogP contribution >= 0.6 is 0 Å². The van der Waals surface area contributed by atoms with Crippen LogP contribution < -0.4 is 4.74 Å². The zero-order valence-corrected chi connectivity index (χ0v) is 13.1. The lowest BCUT2D eigenvalue weighted by atomic mass is 9.97. The molecule has 3 heteroatoms. The third kappa shape index (κ3) is 3.07. The fourth-order valence-electron chi connectivity index (χ4n) is 2.78. The standard InChI is InChI=1S/C18H24O3/c1-4-5-6-7-8-14-16(19)13-10-9-12(2)11-15(13)17(20)18(14)21-3/h9-11,19-20H,4-8H2,1-3H3. The Kier molecular flexibility index (Phi) is 4.94. The Hall–Kier alpha value is -1.90. The van der Waals surface area contributed by atoms with Gasteiger partial charge in [-0.3, -0.25) is 0 Å². The smallest absolute Gasteiger partial charge is 0.168 e. The summed E-state index contributed by atoms with van der Waals surface area (Å²) in [7, 11) is 1.53. The van der Waals surface area contributed by atoms with Crippen molar-refractivity contribution >= 4 is 10.8 Å². The van der Waals surface area contributed by atoms with Crippen molar-refractivity contribution in [3.05, 3.63) is 29.3 Å². The van der Waals surface area contributed by atoms with E-state index in [1.165, 1.54) is 20.0 Å². The summed E-state index contributed by atoms with van der Waals surface area (Å²) in [6, 6.07) is 5.66. The number of unbranched alkanes of at least 4 members (excludes halogenated alkanes) is 3. The summed E-state index contributed by atoms with van der Waals surface area (Å²) < 4.78 is 5.35. The van der Waals surface area contributed by atoms with E-state index in [4.69, 9.17) is 4.74 Å². The molecular weight excluding hydrogens is 264 g/mol. The first-order chi connectivity index (χ1) is 10.1. The molecule has 0 unspecified atom stereocenters. The minimum Gasteiger partial charge on any atom is -0.507 e. The molecule has 0 atom stereocenters. The number of ether oxygens (including phenoxy) is 1. The van der Waals surface area contributed by atoms with Gasteiger partial charge in [0.2, 0.25) is 0 Å². The van der Waals surface area contributed by atoms with Crippen LogP contribution in [0, 0.1) is 6.92 Å². The van der Waals surface area contributed by atoms with Gasteiger partial charge in [0, 0.05) is 16.3 Å². The summed E-state index contributed by atoms with van der Waals surface area (Å²) in [4.78, 5) is 0. The number of phenolic OH excluding ortho intramolecular Hbond substituents is 2.